The van der Waals surface area contributed by atoms with Crippen molar-refractivity contribution in [3.63, 3.8) is 0 Å². The molecule has 0 radical (unpaired) electrons. The van der Waals surface area contributed by atoms with E-state index in [2.05, 4.69) is 20.6 Å². The molecule has 0 aliphatic carbocycles. The van der Waals surface area contributed by atoms with Crippen molar-refractivity contribution in [2.45, 2.75) is 13.0 Å². The number of benzene rings is 1. The maximum Gasteiger partial charge on any atom is 0.270 e. The van der Waals surface area contributed by atoms with Crippen LogP contribution >= 0.6 is 0 Å². The second-order valence-corrected chi connectivity index (χ2v) is 5.89. The molecule has 2 aromatic heterocycles. The molecule has 2 heterocycles. The molecular weight excluding hydrogens is 360 g/mol. The molecule has 3 aromatic rings. The van der Waals surface area contributed by atoms with Crippen molar-refractivity contribution in [3.8, 4) is 11.5 Å². The number of furan rings is 1. The fraction of sp³-hybridized carbons (Fsp3) is 0.250. The highest BCUT2D eigenvalue weighted by Crippen LogP contribution is 2.27. The van der Waals surface area contributed by atoms with E-state index in [1.165, 1.54) is 0 Å². The second kappa shape index (κ2) is 9.40. The summed E-state index contributed by atoms with van der Waals surface area (Å²) in [7, 11) is 3.19. The van der Waals surface area contributed by atoms with E-state index in [1.807, 2.05) is 24.3 Å². The first-order valence-electron chi connectivity index (χ1n) is 8.78. The van der Waals surface area contributed by atoms with E-state index in [-0.39, 0.29) is 5.91 Å². The fourth-order valence-electron chi connectivity index (χ4n) is 2.60. The number of hydrogen-bond donors (Lipinski definition) is 2. The monoisotopic (exact) mass is 382 g/mol. The molecule has 0 saturated carbocycles. The van der Waals surface area contributed by atoms with Gasteiger partial charge in [-0.15, -0.1) is 0 Å². The fourth-order valence-corrected chi connectivity index (χ4v) is 2.60. The van der Waals surface area contributed by atoms with Crippen molar-refractivity contribution in [1.29, 1.82) is 0 Å². The SMILES string of the molecule is COc1ccc(CCNC(=O)c2ccnc(NCc3ccco3)n2)cc1OC. The molecule has 0 saturated heterocycles. The highest BCUT2D eigenvalue weighted by Gasteiger charge is 2.10. The minimum atomic E-state index is -0.260. The summed E-state index contributed by atoms with van der Waals surface area (Å²) in [4.78, 5) is 20.7. The zero-order valence-corrected chi connectivity index (χ0v) is 15.8. The molecule has 3 rings (SSSR count). The van der Waals surface area contributed by atoms with Gasteiger partial charge in [0.05, 0.1) is 27.0 Å². The van der Waals surface area contributed by atoms with Gasteiger partial charge < -0.3 is 24.5 Å². The first-order valence-corrected chi connectivity index (χ1v) is 8.78. The van der Waals surface area contributed by atoms with E-state index in [1.54, 1.807) is 38.8 Å². The molecule has 8 heteroatoms. The standard InChI is InChI=1S/C20H22N4O4/c1-26-17-6-5-14(12-18(17)27-2)7-9-21-19(25)16-8-10-22-20(24-16)23-13-15-4-3-11-28-15/h3-6,8,10-12H,7,9,13H2,1-2H3,(H,21,25)(H,22,23,24). The largest absolute Gasteiger partial charge is 0.493 e. The lowest BCUT2D eigenvalue weighted by atomic mass is 10.1. The minimum absolute atomic E-state index is 0.260. The van der Waals surface area contributed by atoms with Crippen LogP contribution in [0.1, 0.15) is 21.8 Å². The van der Waals surface area contributed by atoms with Crippen LogP contribution in [0.15, 0.2) is 53.3 Å². The van der Waals surface area contributed by atoms with Crippen LogP contribution in [-0.4, -0.2) is 36.6 Å². The summed E-state index contributed by atoms with van der Waals surface area (Å²) in [6.07, 6.45) is 3.79. The molecule has 1 aromatic carbocycles. The van der Waals surface area contributed by atoms with Crippen molar-refractivity contribution >= 4 is 11.9 Å². The molecule has 1 amide bonds. The molecule has 28 heavy (non-hydrogen) atoms. The molecule has 0 spiro atoms. The van der Waals surface area contributed by atoms with E-state index in [0.29, 0.717) is 42.7 Å². The van der Waals surface area contributed by atoms with Crippen LogP contribution in [0, 0.1) is 0 Å². The average molecular weight is 382 g/mol. The normalized spacial score (nSPS) is 10.4. The molecule has 0 bridgehead atoms. The number of ether oxygens (including phenoxy) is 2. The van der Waals surface area contributed by atoms with Crippen LogP contribution in [0.5, 0.6) is 11.5 Å². The number of hydrogen-bond acceptors (Lipinski definition) is 7. The number of anilines is 1. The summed E-state index contributed by atoms with van der Waals surface area (Å²) in [5, 5.41) is 5.89. The lowest BCUT2D eigenvalue weighted by Crippen LogP contribution is -2.26. The summed E-state index contributed by atoms with van der Waals surface area (Å²) < 4.78 is 15.8. The van der Waals surface area contributed by atoms with Gasteiger partial charge in [-0.05, 0) is 42.3 Å². The van der Waals surface area contributed by atoms with Crippen molar-refractivity contribution in [1.82, 2.24) is 15.3 Å². The van der Waals surface area contributed by atoms with Gasteiger partial charge in [0.15, 0.2) is 11.5 Å². The highest BCUT2D eigenvalue weighted by atomic mass is 16.5. The number of rotatable bonds is 9. The quantitative estimate of drug-likeness (QED) is 0.587. The number of carbonyl (C=O) groups is 1. The van der Waals surface area contributed by atoms with Crippen LogP contribution in [-0.2, 0) is 13.0 Å². The molecule has 8 nitrogen and oxygen atoms in total. The number of nitrogens with zero attached hydrogens (tertiary/aromatic N) is 2. The summed E-state index contributed by atoms with van der Waals surface area (Å²) >= 11 is 0. The molecule has 0 atom stereocenters. The molecule has 0 aliphatic heterocycles. The van der Waals surface area contributed by atoms with Crippen molar-refractivity contribution < 1.29 is 18.7 Å². The zero-order valence-electron chi connectivity index (χ0n) is 15.8. The number of carbonyl (C=O) groups excluding carboxylic acids is 1. The lowest BCUT2D eigenvalue weighted by molar-refractivity contribution is 0.0949. The maximum absolute atomic E-state index is 12.4. The Morgan fingerprint density at radius 2 is 2.00 bits per heavy atom. The summed E-state index contributed by atoms with van der Waals surface area (Å²) in [5.74, 6) is 2.20. The Balaban J connectivity index is 1.52. The van der Waals surface area contributed by atoms with E-state index in [9.17, 15) is 4.79 Å². The van der Waals surface area contributed by atoms with Gasteiger partial charge in [0.1, 0.15) is 11.5 Å². The summed E-state index contributed by atoms with van der Waals surface area (Å²) in [6, 6.07) is 10.9. The van der Waals surface area contributed by atoms with Gasteiger partial charge in [-0.3, -0.25) is 4.79 Å². The highest BCUT2D eigenvalue weighted by molar-refractivity contribution is 5.92. The third-order valence-corrected chi connectivity index (χ3v) is 4.04. The second-order valence-electron chi connectivity index (χ2n) is 5.89. The number of amides is 1. The van der Waals surface area contributed by atoms with E-state index >= 15 is 0 Å². The Morgan fingerprint density at radius 1 is 1.14 bits per heavy atom. The van der Waals surface area contributed by atoms with Gasteiger partial charge in [0, 0.05) is 12.7 Å². The van der Waals surface area contributed by atoms with Gasteiger partial charge in [0.2, 0.25) is 5.95 Å². The van der Waals surface area contributed by atoms with Crippen LogP contribution in [0.2, 0.25) is 0 Å². The van der Waals surface area contributed by atoms with Gasteiger partial charge in [-0.1, -0.05) is 6.07 Å². The van der Waals surface area contributed by atoms with E-state index in [0.717, 1.165) is 11.3 Å². The van der Waals surface area contributed by atoms with Crippen molar-refractivity contribution in [3.05, 3.63) is 65.9 Å². The third kappa shape index (κ3) is 5.00. The molecule has 146 valence electrons. The van der Waals surface area contributed by atoms with Gasteiger partial charge >= 0.3 is 0 Å². The van der Waals surface area contributed by atoms with Gasteiger partial charge in [0.25, 0.3) is 5.91 Å². The first-order chi connectivity index (χ1) is 13.7. The summed E-state index contributed by atoms with van der Waals surface area (Å²) in [6.45, 7) is 0.908. The van der Waals surface area contributed by atoms with Crippen LogP contribution in [0.4, 0.5) is 5.95 Å². The molecule has 2 N–H and O–H groups in total. The molecular formula is C20H22N4O4. The number of aromatic nitrogens is 2. The van der Waals surface area contributed by atoms with E-state index in [4.69, 9.17) is 13.9 Å². The van der Waals surface area contributed by atoms with Crippen LogP contribution < -0.4 is 20.1 Å². The third-order valence-electron chi connectivity index (χ3n) is 4.04. The van der Waals surface area contributed by atoms with Crippen molar-refractivity contribution in [2.75, 3.05) is 26.1 Å². The smallest absolute Gasteiger partial charge is 0.270 e. The number of methoxy groups -OCH3 is 2. The predicted molar refractivity (Wildman–Crippen MR) is 104 cm³/mol. The minimum Gasteiger partial charge on any atom is -0.493 e. The first kappa shape index (κ1) is 19.2. The Bertz CT molecular complexity index is 912. The maximum atomic E-state index is 12.4. The lowest BCUT2D eigenvalue weighted by Gasteiger charge is -2.10. The zero-order chi connectivity index (χ0) is 19.8. The van der Waals surface area contributed by atoms with Crippen molar-refractivity contribution in [2.24, 2.45) is 0 Å². The topological polar surface area (TPSA) is 98.5 Å². The number of nitrogens with one attached hydrogen (secondary N) is 2. The average Bonchev–Trinajstić information content (AvgIpc) is 3.26. The van der Waals surface area contributed by atoms with Crippen LogP contribution in [0.25, 0.3) is 0 Å². The summed E-state index contributed by atoms with van der Waals surface area (Å²) in [5.41, 5.74) is 1.32. The Morgan fingerprint density at radius 3 is 2.75 bits per heavy atom. The van der Waals surface area contributed by atoms with Gasteiger partial charge in [-0.2, -0.15) is 0 Å². The van der Waals surface area contributed by atoms with E-state index < -0.39 is 0 Å². The Labute approximate surface area is 162 Å². The molecule has 0 fully saturated rings. The molecule has 0 unspecified atom stereocenters. The predicted octanol–water partition coefficient (Wildman–Crippen LogP) is 2.67. The van der Waals surface area contributed by atoms with Crippen LogP contribution in [0.3, 0.4) is 0 Å². The molecule has 0 aliphatic rings. The Kier molecular flexibility index (Phi) is 6.46. The Hall–Kier alpha value is -3.55. The van der Waals surface area contributed by atoms with Gasteiger partial charge in [-0.25, -0.2) is 9.97 Å².